The van der Waals surface area contributed by atoms with Gasteiger partial charge in [-0.2, -0.15) is 0 Å². The molecule has 10 nitrogen and oxygen atoms in total. The molecule has 0 spiro atoms. The van der Waals surface area contributed by atoms with Gasteiger partial charge in [0.2, 0.25) is 18.2 Å². The van der Waals surface area contributed by atoms with Crippen molar-refractivity contribution in [2.24, 2.45) is 17.3 Å². The number of aryl methyl sites for hydroxylation is 1. The molecule has 10 heteroatoms. The number of anilines is 1. The molecular formula is C29H45N5O5. The van der Waals surface area contributed by atoms with Crippen LogP contribution in [0.5, 0.6) is 0 Å². The zero-order valence-corrected chi connectivity index (χ0v) is 23.7. The molecule has 1 aromatic carbocycles. The highest BCUT2D eigenvalue weighted by Gasteiger charge is 2.39. The number of carbonyl (C=O) groups is 4. The fourth-order valence-electron chi connectivity index (χ4n) is 5.51. The van der Waals surface area contributed by atoms with Crippen LogP contribution in [0.2, 0.25) is 0 Å². The van der Waals surface area contributed by atoms with E-state index < -0.39 is 17.4 Å². The highest BCUT2D eigenvalue weighted by atomic mass is 16.5. The summed E-state index contributed by atoms with van der Waals surface area (Å²) in [4.78, 5) is 52.2. The average Bonchev–Trinajstić information content (AvgIpc) is 3.40. The number of piperidine rings is 1. The van der Waals surface area contributed by atoms with E-state index in [0.29, 0.717) is 49.7 Å². The molecule has 0 bridgehead atoms. The van der Waals surface area contributed by atoms with Crippen LogP contribution in [0.3, 0.4) is 0 Å². The number of carbonyl (C=O) groups excluding carboxylic acids is 4. The molecule has 1 heterocycles. The van der Waals surface area contributed by atoms with E-state index in [9.17, 15) is 24.4 Å². The van der Waals surface area contributed by atoms with Gasteiger partial charge in [-0.1, -0.05) is 64.2 Å². The van der Waals surface area contributed by atoms with Crippen molar-refractivity contribution in [1.29, 1.82) is 0 Å². The zero-order chi connectivity index (χ0) is 28.6. The van der Waals surface area contributed by atoms with E-state index in [0.717, 1.165) is 36.9 Å². The minimum atomic E-state index is -0.756. The second-order valence-electron chi connectivity index (χ2n) is 12.2. The molecule has 5 amide bonds. The van der Waals surface area contributed by atoms with Crippen LogP contribution in [-0.2, 0) is 14.4 Å². The standard InChI is InChI=1S/C29H45N5O5/c1-20-9-11-23(12-10-20)30-28(38)31-24-13-15-33(16-14-24)27(37)25(29(2,3)4)32-26(36)22(18-34(39)19-35)17-21-7-5-6-8-21/h9-12,19,21-22,24-25,39H,5-8,13-18H2,1-4H3,(H,32,36)(H2,30,31,38)/t22-,25-/m1/s1. The topological polar surface area (TPSA) is 131 Å². The Balaban J connectivity index is 1.57. The molecule has 1 saturated carbocycles. The van der Waals surface area contributed by atoms with Gasteiger partial charge in [0.1, 0.15) is 6.04 Å². The maximum Gasteiger partial charge on any atom is 0.319 e. The van der Waals surface area contributed by atoms with Gasteiger partial charge in [-0.05, 0) is 49.7 Å². The first-order chi connectivity index (χ1) is 18.5. The summed E-state index contributed by atoms with van der Waals surface area (Å²) < 4.78 is 0. The van der Waals surface area contributed by atoms with Gasteiger partial charge in [0.25, 0.3) is 0 Å². The first-order valence-corrected chi connectivity index (χ1v) is 14.1. The molecule has 4 N–H and O–H groups in total. The Bertz CT molecular complexity index is 979. The largest absolute Gasteiger partial charge is 0.344 e. The van der Waals surface area contributed by atoms with Crippen molar-refractivity contribution in [1.82, 2.24) is 20.6 Å². The Morgan fingerprint density at radius 3 is 2.26 bits per heavy atom. The van der Waals surface area contributed by atoms with Gasteiger partial charge in [0.05, 0.1) is 12.5 Å². The zero-order valence-electron chi connectivity index (χ0n) is 23.7. The normalized spacial score (nSPS) is 18.2. The van der Waals surface area contributed by atoms with E-state index in [2.05, 4.69) is 16.0 Å². The van der Waals surface area contributed by atoms with E-state index in [-0.39, 0.29) is 30.4 Å². The molecule has 2 aliphatic rings. The number of nitrogens with zero attached hydrogens (tertiary/aromatic N) is 2. The van der Waals surface area contributed by atoms with Crippen LogP contribution in [-0.4, -0.2) is 71.1 Å². The van der Waals surface area contributed by atoms with Crippen molar-refractivity contribution in [3.8, 4) is 0 Å². The average molecular weight is 544 g/mol. The summed E-state index contributed by atoms with van der Waals surface area (Å²) in [5.74, 6) is -0.697. The lowest BCUT2D eigenvalue weighted by molar-refractivity contribution is -0.156. The van der Waals surface area contributed by atoms with E-state index in [1.165, 1.54) is 0 Å². The molecule has 0 aromatic heterocycles. The number of urea groups is 1. The summed E-state index contributed by atoms with van der Waals surface area (Å²) in [7, 11) is 0. The molecule has 2 atom stereocenters. The summed E-state index contributed by atoms with van der Waals surface area (Å²) in [6, 6.07) is 6.49. The van der Waals surface area contributed by atoms with E-state index in [1.54, 1.807) is 4.90 Å². The van der Waals surface area contributed by atoms with Crippen molar-refractivity contribution in [2.75, 3.05) is 25.0 Å². The molecule has 1 saturated heterocycles. The molecule has 216 valence electrons. The number of nitrogens with one attached hydrogen (secondary N) is 3. The van der Waals surface area contributed by atoms with Crippen LogP contribution in [0.25, 0.3) is 0 Å². The second-order valence-corrected chi connectivity index (χ2v) is 12.2. The van der Waals surface area contributed by atoms with Crippen LogP contribution in [0.4, 0.5) is 10.5 Å². The van der Waals surface area contributed by atoms with Crippen LogP contribution in [0.1, 0.15) is 71.3 Å². The number of benzene rings is 1. The van der Waals surface area contributed by atoms with Crippen molar-refractivity contribution in [2.45, 2.75) is 84.7 Å². The van der Waals surface area contributed by atoms with Crippen LogP contribution in [0, 0.1) is 24.2 Å². The molecule has 2 fully saturated rings. The summed E-state index contributed by atoms with van der Waals surface area (Å²) in [6.45, 7) is 8.56. The van der Waals surface area contributed by atoms with Gasteiger partial charge >= 0.3 is 6.03 Å². The lowest BCUT2D eigenvalue weighted by atomic mass is 9.84. The molecule has 0 radical (unpaired) electrons. The lowest BCUT2D eigenvalue weighted by Gasteiger charge is -2.39. The van der Waals surface area contributed by atoms with E-state index >= 15 is 0 Å². The first-order valence-electron chi connectivity index (χ1n) is 14.1. The predicted octanol–water partition coefficient (Wildman–Crippen LogP) is 3.68. The van der Waals surface area contributed by atoms with Gasteiger partial charge < -0.3 is 20.9 Å². The summed E-state index contributed by atoms with van der Waals surface area (Å²) in [6.07, 6.45) is 6.41. The van der Waals surface area contributed by atoms with Crippen LogP contribution >= 0.6 is 0 Å². The van der Waals surface area contributed by atoms with Gasteiger partial charge in [0.15, 0.2) is 0 Å². The number of hydrogen-bond donors (Lipinski definition) is 4. The van der Waals surface area contributed by atoms with Crippen molar-refractivity contribution in [3.63, 3.8) is 0 Å². The SMILES string of the molecule is Cc1ccc(NC(=O)NC2CCN(C(=O)[C@@H](NC(=O)[C@H](CC3CCCC3)CN(O)C=O)C(C)(C)C)CC2)cc1. The number of rotatable bonds is 10. The summed E-state index contributed by atoms with van der Waals surface area (Å²) in [5.41, 5.74) is 1.29. The third-order valence-corrected chi connectivity index (χ3v) is 7.84. The highest BCUT2D eigenvalue weighted by Crippen LogP contribution is 2.31. The third kappa shape index (κ3) is 9.23. The minimum absolute atomic E-state index is 0.0585. The van der Waals surface area contributed by atoms with E-state index in [1.807, 2.05) is 52.0 Å². The molecule has 1 aliphatic heterocycles. The Morgan fingerprint density at radius 1 is 1.08 bits per heavy atom. The maximum absolute atomic E-state index is 13.6. The smallest absolute Gasteiger partial charge is 0.319 e. The number of hydrogen-bond acceptors (Lipinski definition) is 5. The molecule has 1 aromatic rings. The maximum atomic E-state index is 13.6. The molecule has 39 heavy (non-hydrogen) atoms. The van der Waals surface area contributed by atoms with Crippen molar-refractivity contribution >= 4 is 29.9 Å². The molecular weight excluding hydrogens is 498 g/mol. The Morgan fingerprint density at radius 2 is 1.69 bits per heavy atom. The number of amides is 5. The van der Waals surface area contributed by atoms with Crippen LogP contribution in [0.15, 0.2) is 24.3 Å². The highest BCUT2D eigenvalue weighted by molar-refractivity contribution is 5.90. The fourth-order valence-corrected chi connectivity index (χ4v) is 5.51. The van der Waals surface area contributed by atoms with Gasteiger partial charge in [-0.15, -0.1) is 0 Å². The number of likely N-dealkylation sites (tertiary alicyclic amines) is 1. The summed E-state index contributed by atoms with van der Waals surface area (Å²) in [5, 5.41) is 19.1. The quantitative estimate of drug-likeness (QED) is 0.203. The Hall–Kier alpha value is -3.14. The van der Waals surface area contributed by atoms with E-state index in [4.69, 9.17) is 0 Å². The van der Waals surface area contributed by atoms with Gasteiger partial charge in [-0.25, -0.2) is 9.86 Å². The second kappa shape index (κ2) is 13.8. The van der Waals surface area contributed by atoms with Gasteiger partial charge in [-0.3, -0.25) is 19.6 Å². The van der Waals surface area contributed by atoms with Crippen LogP contribution < -0.4 is 16.0 Å². The van der Waals surface area contributed by atoms with Crippen molar-refractivity contribution in [3.05, 3.63) is 29.8 Å². The minimum Gasteiger partial charge on any atom is -0.344 e. The molecule has 3 rings (SSSR count). The number of hydroxylamine groups is 2. The molecule has 1 aliphatic carbocycles. The lowest BCUT2D eigenvalue weighted by Crippen LogP contribution is -2.58. The Kier molecular flexibility index (Phi) is 10.7. The first kappa shape index (κ1) is 30.4. The van der Waals surface area contributed by atoms with Gasteiger partial charge in [0, 0.05) is 24.8 Å². The third-order valence-electron chi connectivity index (χ3n) is 7.84. The molecule has 0 unspecified atom stereocenters. The predicted molar refractivity (Wildman–Crippen MR) is 149 cm³/mol. The summed E-state index contributed by atoms with van der Waals surface area (Å²) >= 11 is 0. The van der Waals surface area contributed by atoms with Crippen molar-refractivity contribution < 1.29 is 24.4 Å². The monoisotopic (exact) mass is 543 g/mol. The Labute approximate surface area is 231 Å². The fraction of sp³-hybridized carbons (Fsp3) is 0.655.